The summed E-state index contributed by atoms with van der Waals surface area (Å²) < 4.78 is 19.3. The van der Waals surface area contributed by atoms with Crippen molar-refractivity contribution in [2.75, 3.05) is 0 Å². The van der Waals surface area contributed by atoms with Crippen LogP contribution >= 0.6 is 11.3 Å². The van der Waals surface area contributed by atoms with Crippen molar-refractivity contribution in [2.45, 2.75) is 26.2 Å². The third-order valence-corrected chi connectivity index (χ3v) is 10.8. The van der Waals surface area contributed by atoms with Crippen LogP contribution in [0.4, 0.5) is 4.39 Å². The van der Waals surface area contributed by atoms with Gasteiger partial charge in [-0.1, -0.05) is 118 Å². The van der Waals surface area contributed by atoms with Crippen LogP contribution in [0, 0.1) is 5.82 Å². The summed E-state index contributed by atoms with van der Waals surface area (Å²) in [5.41, 5.74) is 9.68. The number of nitrogens with zero attached hydrogens (tertiary/aromatic N) is 2. The first-order chi connectivity index (χ1) is 23.8. The minimum atomic E-state index is -0.253. The fourth-order valence-electron chi connectivity index (χ4n) is 7.15. The van der Waals surface area contributed by atoms with Gasteiger partial charge >= 0.3 is 0 Å². The summed E-state index contributed by atoms with van der Waals surface area (Å²) in [4.78, 5) is 5.53. The van der Waals surface area contributed by atoms with Crippen LogP contribution in [0.5, 0.6) is 0 Å². The van der Waals surface area contributed by atoms with E-state index in [1.165, 1.54) is 31.8 Å². The summed E-state index contributed by atoms with van der Waals surface area (Å²) in [7, 11) is 0. The van der Waals surface area contributed by atoms with Crippen molar-refractivity contribution >= 4 is 53.3 Å². The van der Waals surface area contributed by atoms with Crippen molar-refractivity contribution in [3.05, 3.63) is 157 Å². The van der Waals surface area contributed by atoms with Gasteiger partial charge in [0.05, 0.1) is 16.7 Å². The molecule has 0 unspecified atom stereocenters. The summed E-state index contributed by atoms with van der Waals surface area (Å²) in [5, 5.41) is 4.23. The van der Waals surface area contributed by atoms with Crippen molar-refractivity contribution in [2.24, 2.45) is 0 Å². The van der Waals surface area contributed by atoms with E-state index in [4.69, 9.17) is 4.98 Å². The predicted octanol–water partition coefficient (Wildman–Crippen LogP) is 13.0. The molecule has 2 nitrogen and oxygen atoms in total. The summed E-state index contributed by atoms with van der Waals surface area (Å²) in [6, 6.07) is 50.4. The van der Waals surface area contributed by atoms with Crippen molar-refractivity contribution < 1.29 is 4.39 Å². The molecule has 0 aliphatic rings. The van der Waals surface area contributed by atoms with Gasteiger partial charge < -0.3 is 0 Å². The Labute approximate surface area is 288 Å². The summed E-state index contributed by atoms with van der Waals surface area (Å²) in [5.74, 6) is 0.610. The number of hydrogen-bond acceptors (Lipinski definition) is 2. The van der Waals surface area contributed by atoms with Crippen molar-refractivity contribution in [3.8, 4) is 39.3 Å². The van der Waals surface area contributed by atoms with Gasteiger partial charge in [-0.05, 0) is 76.0 Å². The Kier molecular flexibility index (Phi) is 6.79. The van der Waals surface area contributed by atoms with Gasteiger partial charge in [0.2, 0.25) is 0 Å². The molecule has 9 rings (SSSR count). The van der Waals surface area contributed by atoms with Crippen LogP contribution in [0.3, 0.4) is 0 Å². The number of rotatable bonds is 4. The molecule has 7 aromatic carbocycles. The first kappa shape index (κ1) is 29.6. The Morgan fingerprint density at radius 3 is 1.94 bits per heavy atom. The van der Waals surface area contributed by atoms with Gasteiger partial charge in [0.25, 0.3) is 0 Å². The van der Waals surface area contributed by atoms with Gasteiger partial charge in [0.1, 0.15) is 11.6 Å². The first-order valence-corrected chi connectivity index (χ1v) is 17.5. The molecule has 0 saturated carbocycles. The Hall–Kier alpha value is -5.58. The van der Waals surface area contributed by atoms with E-state index in [1.807, 2.05) is 12.1 Å². The standard InChI is InChI=1S/C45H33FN2S/c1-45(2,3)31-26-37(28-13-6-4-7-14-28)42(38(27-31)29-15-8-5-9-16-29)48-39-24-21-30-25-32(46)22-23-33(30)41(39)47-44(48)36-19-12-18-35-34-17-10-11-20-40(34)49-43(35)36/h4-27H,1-3H3. The lowest BCUT2D eigenvalue weighted by atomic mass is 9.82. The quantitative estimate of drug-likeness (QED) is 0.185. The van der Waals surface area contributed by atoms with E-state index in [1.54, 1.807) is 17.4 Å². The van der Waals surface area contributed by atoms with Gasteiger partial charge in [-0.15, -0.1) is 11.3 Å². The first-order valence-electron chi connectivity index (χ1n) is 16.7. The maximum atomic E-state index is 14.5. The fraction of sp³-hybridized carbons (Fsp3) is 0.0889. The number of aromatic nitrogens is 2. The number of halogens is 1. The lowest BCUT2D eigenvalue weighted by molar-refractivity contribution is 0.590. The van der Waals surface area contributed by atoms with Crippen molar-refractivity contribution in [1.82, 2.24) is 9.55 Å². The minimum Gasteiger partial charge on any atom is -0.291 e. The molecule has 236 valence electrons. The summed E-state index contributed by atoms with van der Waals surface area (Å²) in [6.07, 6.45) is 0. The van der Waals surface area contributed by atoms with Gasteiger partial charge in [0, 0.05) is 42.2 Å². The molecule has 0 N–H and O–H groups in total. The Balaban J connectivity index is 1.49. The third kappa shape index (κ3) is 4.86. The average molecular weight is 653 g/mol. The van der Waals surface area contributed by atoms with E-state index in [0.717, 1.165) is 61.1 Å². The molecule has 0 fully saturated rings. The third-order valence-electron chi connectivity index (χ3n) is 9.62. The molecule has 4 heteroatoms. The molecule has 0 atom stereocenters. The van der Waals surface area contributed by atoms with Crippen LogP contribution < -0.4 is 0 Å². The largest absolute Gasteiger partial charge is 0.291 e. The topological polar surface area (TPSA) is 17.8 Å². The molecule has 0 radical (unpaired) electrons. The Bertz CT molecular complexity index is 2640. The zero-order chi connectivity index (χ0) is 33.3. The summed E-state index contributed by atoms with van der Waals surface area (Å²) in [6.45, 7) is 6.82. The molecule has 0 bridgehead atoms. The normalized spacial score (nSPS) is 12.1. The van der Waals surface area contributed by atoms with Gasteiger partial charge in [-0.25, -0.2) is 9.37 Å². The van der Waals surface area contributed by atoms with Crippen molar-refractivity contribution in [3.63, 3.8) is 0 Å². The molecule has 49 heavy (non-hydrogen) atoms. The minimum absolute atomic E-state index is 0.0889. The molecule has 0 saturated heterocycles. The molecule has 0 aliphatic carbocycles. The second-order valence-corrected chi connectivity index (χ2v) is 14.8. The lowest BCUT2D eigenvalue weighted by Crippen LogP contribution is -2.13. The highest BCUT2D eigenvalue weighted by Gasteiger charge is 2.27. The molecule has 0 spiro atoms. The van der Waals surface area contributed by atoms with Crippen LogP contribution in [-0.2, 0) is 5.41 Å². The highest BCUT2D eigenvalue weighted by Crippen LogP contribution is 2.46. The molecular formula is C45H33FN2S. The fourth-order valence-corrected chi connectivity index (χ4v) is 8.37. The number of hydrogen-bond donors (Lipinski definition) is 0. The number of thiophene rings is 1. The molecule has 9 aromatic rings. The zero-order valence-corrected chi connectivity index (χ0v) is 28.4. The van der Waals surface area contributed by atoms with Crippen LogP contribution in [0.2, 0.25) is 0 Å². The van der Waals surface area contributed by atoms with Gasteiger partial charge in [0.15, 0.2) is 0 Å². The molecule has 0 amide bonds. The summed E-state index contributed by atoms with van der Waals surface area (Å²) >= 11 is 1.81. The van der Waals surface area contributed by atoms with Crippen LogP contribution in [-0.4, -0.2) is 9.55 Å². The SMILES string of the molecule is CC(C)(C)c1cc(-c2ccccc2)c(-n2c(-c3cccc4c3sc3ccccc34)nc3c4ccc(F)cc4ccc32)c(-c2ccccc2)c1. The number of imidazole rings is 1. The second kappa shape index (κ2) is 11.3. The maximum Gasteiger partial charge on any atom is 0.147 e. The van der Waals surface area contributed by atoms with E-state index in [2.05, 4.69) is 147 Å². The highest BCUT2D eigenvalue weighted by atomic mass is 32.1. The monoisotopic (exact) mass is 652 g/mol. The number of fused-ring (bicyclic) bond motifs is 6. The van der Waals surface area contributed by atoms with Crippen LogP contribution in [0.25, 0.3) is 81.3 Å². The highest BCUT2D eigenvalue weighted by molar-refractivity contribution is 7.26. The van der Waals surface area contributed by atoms with E-state index >= 15 is 0 Å². The van der Waals surface area contributed by atoms with Crippen LogP contribution in [0.15, 0.2) is 146 Å². The Morgan fingerprint density at radius 1 is 0.592 bits per heavy atom. The van der Waals surface area contributed by atoms with E-state index < -0.39 is 0 Å². The molecule has 2 heterocycles. The Morgan fingerprint density at radius 2 is 1.24 bits per heavy atom. The lowest BCUT2D eigenvalue weighted by Gasteiger charge is -2.26. The molecule has 2 aromatic heterocycles. The van der Waals surface area contributed by atoms with Gasteiger partial charge in [-0.3, -0.25) is 4.57 Å². The predicted molar refractivity (Wildman–Crippen MR) is 206 cm³/mol. The molecular weight excluding hydrogens is 620 g/mol. The van der Waals surface area contributed by atoms with E-state index in [-0.39, 0.29) is 11.2 Å². The smallest absolute Gasteiger partial charge is 0.147 e. The van der Waals surface area contributed by atoms with Crippen molar-refractivity contribution in [1.29, 1.82) is 0 Å². The zero-order valence-electron chi connectivity index (χ0n) is 27.5. The van der Waals surface area contributed by atoms with E-state index in [9.17, 15) is 4.39 Å². The van der Waals surface area contributed by atoms with Crippen LogP contribution in [0.1, 0.15) is 26.3 Å². The van der Waals surface area contributed by atoms with E-state index in [0.29, 0.717) is 0 Å². The average Bonchev–Trinajstić information content (AvgIpc) is 3.70. The maximum absolute atomic E-state index is 14.5. The van der Waals surface area contributed by atoms with Gasteiger partial charge in [-0.2, -0.15) is 0 Å². The molecule has 0 aliphatic heterocycles. The second-order valence-electron chi connectivity index (χ2n) is 13.8. The number of benzene rings is 7.